The number of rotatable bonds is 5. The Kier molecular flexibility index (Phi) is 3.86. The van der Waals surface area contributed by atoms with Crippen molar-refractivity contribution in [3.63, 3.8) is 0 Å². The highest BCUT2D eigenvalue weighted by Crippen LogP contribution is 2.25. The molecule has 0 amide bonds. The lowest BCUT2D eigenvalue weighted by atomic mass is 10.3. The molecule has 0 bridgehead atoms. The summed E-state index contributed by atoms with van der Waals surface area (Å²) in [5, 5.41) is 3.25. The van der Waals surface area contributed by atoms with E-state index in [2.05, 4.69) is 15.0 Å². The molecule has 0 unspecified atom stereocenters. The minimum absolute atomic E-state index is 0.0405. The van der Waals surface area contributed by atoms with E-state index >= 15 is 0 Å². The molecule has 2 N–H and O–H groups in total. The van der Waals surface area contributed by atoms with Crippen LogP contribution in [0.3, 0.4) is 0 Å². The molecule has 6 nitrogen and oxygen atoms in total. The van der Waals surface area contributed by atoms with Crippen molar-refractivity contribution in [1.29, 1.82) is 0 Å². The molecule has 1 saturated carbocycles. The van der Waals surface area contributed by atoms with Crippen LogP contribution in [0.2, 0.25) is 0 Å². The Balaban J connectivity index is 2.06. The van der Waals surface area contributed by atoms with Crippen LogP contribution in [0.15, 0.2) is 29.4 Å². The number of anilines is 1. The van der Waals surface area contributed by atoms with Crippen molar-refractivity contribution < 1.29 is 8.42 Å². The Morgan fingerprint density at radius 1 is 1.33 bits per heavy atom. The van der Waals surface area contributed by atoms with E-state index in [-0.39, 0.29) is 11.1 Å². The summed E-state index contributed by atoms with van der Waals surface area (Å²) < 4.78 is 29.9. The number of fused-ring (bicyclic) bond motifs is 1. The number of aromatic nitrogens is 2. The summed E-state index contributed by atoms with van der Waals surface area (Å²) in [5.74, 6) is 0.411. The first-order chi connectivity index (χ1) is 10.1. The van der Waals surface area contributed by atoms with Crippen LogP contribution in [-0.4, -0.2) is 30.4 Å². The molecule has 2 aromatic rings. The van der Waals surface area contributed by atoms with Crippen molar-refractivity contribution in [2.45, 2.75) is 43.7 Å². The zero-order valence-corrected chi connectivity index (χ0v) is 12.9. The molecule has 7 heteroatoms. The van der Waals surface area contributed by atoms with Crippen LogP contribution in [0.5, 0.6) is 0 Å². The Hall–Kier alpha value is -1.60. The van der Waals surface area contributed by atoms with E-state index in [1.165, 1.54) is 0 Å². The van der Waals surface area contributed by atoms with Gasteiger partial charge in [0.2, 0.25) is 0 Å². The summed E-state index contributed by atoms with van der Waals surface area (Å²) in [5.41, 5.74) is 0.625. The standard InChI is InChI=1S/C14H20N4O2S/c1-2-15-13-14(18-10-6-5-9-12(18)16-13)21(19,20)17-11-7-3-4-8-11/h5-6,9-11,15,17H,2-4,7-8H2,1H3. The zero-order valence-electron chi connectivity index (χ0n) is 12.0. The van der Waals surface area contributed by atoms with Crippen LogP contribution in [-0.2, 0) is 10.0 Å². The molecule has 2 aromatic heterocycles. The predicted molar refractivity (Wildman–Crippen MR) is 81.9 cm³/mol. The topological polar surface area (TPSA) is 75.5 Å². The van der Waals surface area contributed by atoms with Gasteiger partial charge in [0.1, 0.15) is 5.65 Å². The molecular formula is C14H20N4O2S. The fourth-order valence-corrected chi connectivity index (χ4v) is 4.40. The van der Waals surface area contributed by atoms with Gasteiger partial charge < -0.3 is 5.32 Å². The van der Waals surface area contributed by atoms with E-state index in [0.717, 1.165) is 25.7 Å². The zero-order chi connectivity index (χ0) is 14.9. The molecule has 21 heavy (non-hydrogen) atoms. The smallest absolute Gasteiger partial charge is 0.260 e. The highest BCUT2D eigenvalue weighted by molar-refractivity contribution is 7.89. The fraction of sp³-hybridized carbons (Fsp3) is 0.500. The molecule has 2 heterocycles. The van der Waals surface area contributed by atoms with E-state index in [0.29, 0.717) is 18.0 Å². The van der Waals surface area contributed by atoms with Gasteiger partial charge >= 0.3 is 0 Å². The number of hydrogen-bond donors (Lipinski definition) is 2. The molecule has 0 spiro atoms. The van der Waals surface area contributed by atoms with Crippen LogP contribution >= 0.6 is 0 Å². The summed E-state index contributed by atoms with van der Waals surface area (Å²) in [6.45, 7) is 2.54. The summed E-state index contributed by atoms with van der Waals surface area (Å²) in [4.78, 5) is 4.38. The number of pyridine rings is 1. The van der Waals surface area contributed by atoms with E-state index in [1.54, 1.807) is 22.7 Å². The van der Waals surface area contributed by atoms with Gasteiger partial charge in [-0.25, -0.2) is 18.1 Å². The second-order valence-electron chi connectivity index (χ2n) is 5.33. The van der Waals surface area contributed by atoms with E-state index < -0.39 is 10.0 Å². The van der Waals surface area contributed by atoms with E-state index in [4.69, 9.17) is 0 Å². The van der Waals surface area contributed by atoms with Gasteiger partial charge in [0, 0.05) is 18.8 Å². The van der Waals surface area contributed by atoms with Gasteiger partial charge in [-0.05, 0) is 31.9 Å². The summed E-state index contributed by atoms with van der Waals surface area (Å²) in [6, 6.07) is 5.49. The quantitative estimate of drug-likeness (QED) is 0.885. The van der Waals surface area contributed by atoms with Crippen molar-refractivity contribution in [2.24, 2.45) is 0 Å². The minimum atomic E-state index is -3.59. The van der Waals surface area contributed by atoms with Gasteiger partial charge in [0.15, 0.2) is 10.8 Å². The van der Waals surface area contributed by atoms with Gasteiger partial charge in [-0.3, -0.25) is 4.40 Å². The van der Waals surface area contributed by atoms with Crippen LogP contribution in [0.25, 0.3) is 5.65 Å². The van der Waals surface area contributed by atoms with Crippen LogP contribution in [0.1, 0.15) is 32.6 Å². The normalized spacial score (nSPS) is 16.6. The molecule has 0 radical (unpaired) electrons. The number of sulfonamides is 1. The van der Waals surface area contributed by atoms with Crippen LogP contribution in [0, 0.1) is 0 Å². The van der Waals surface area contributed by atoms with Crippen molar-refractivity contribution in [3.8, 4) is 0 Å². The second-order valence-corrected chi connectivity index (χ2v) is 6.96. The molecule has 1 aliphatic carbocycles. The van der Waals surface area contributed by atoms with Crippen molar-refractivity contribution >= 4 is 21.5 Å². The summed E-state index contributed by atoms with van der Waals surface area (Å²) >= 11 is 0. The average Bonchev–Trinajstić information content (AvgIpc) is 3.05. The first-order valence-electron chi connectivity index (χ1n) is 7.35. The number of nitrogens with zero attached hydrogens (tertiary/aromatic N) is 2. The second kappa shape index (κ2) is 5.65. The molecular weight excluding hydrogens is 288 g/mol. The van der Waals surface area contributed by atoms with Crippen molar-refractivity contribution in [1.82, 2.24) is 14.1 Å². The van der Waals surface area contributed by atoms with Gasteiger partial charge in [0.25, 0.3) is 10.0 Å². The molecule has 114 valence electrons. The van der Waals surface area contributed by atoms with E-state index in [9.17, 15) is 8.42 Å². The predicted octanol–water partition coefficient (Wildman–Crippen LogP) is 1.99. The lowest BCUT2D eigenvalue weighted by molar-refractivity contribution is 0.548. The lowest BCUT2D eigenvalue weighted by Gasteiger charge is -2.13. The largest absolute Gasteiger partial charge is 0.368 e. The Labute approximate surface area is 124 Å². The lowest BCUT2D eigenvalue weighted by Crippen LogP contribution is -2.33. The highest BCUT2D eigenvalue weighted by atomic mass is 32.2. The van der Waals surface area contributed by atoms with Crippen LogP contribution in [0.4, 0.5) is 5.82 Å². The van der Waals surface area contributed by atoms with Gasteiger partial charge in [-0.2, -0.15) is 0 Å². The third-order valence-corrected chi connectivity index (χ3v) is 5.30. The molecule has 0 saturated heterocycles. The fourth-order valence-electron chi connectivity index (χ4n) is 2.83. The molecule has 1 aliphatic rings. The maximum absolute atomic E-state index is 12.7. The first kappa shape index (κ1) is 14.3. The average molecular weight is 308 g/mol. The van der Waals surface area contributed by atoms with Gasteiger partial charge in [-0.1, -0.05) is 18.9 Å². The van der Waals surface area contributed by atoms with Crippen LogP contribution < -0.4 is 10.0 Å². The van der Waals surface area contributed by atoms with Gasteiger partial charge in [-0.15, -0.1) is 0 Å². The molecule has 0 aliphatic heterocycles. The third-order valence-electron chi connectivity index (χ3n) is 3.76. The Morgan fingerprint density at radius 2 is 2.10 bits per heavy atom. The summed E-state index contributed by atoms with van der Waals surface area (Å²) in [7, 11) is -3.59. The molecule has 0 aromatic carbocycles. The highest BCUT2D eigenvalue weighted by Gasteiger charge is 2.28. The summed E-state index contributed by atoms with van der Waals surface area (Å²) in [6.07, 6.45) is 5.71. The number of hydrogen-bond acceptors (Lipinski definition) is 4. The maximum atomic E-state index is 12.7. The molecule has 3 rings (SSSR count). The minimum Gasteiger partial charge on any atom is -0.368 e. The Morgan fingerprint density at radius 3 is 2.81 bits per heavy atom. The number of imidazole rings is 1. The van der Waals surface area contributed by atoms with Crippen molar-refractivity contribution in [2.75, 3.05) is 11.9 Å². The molecule has 1 fully saturated rings. The monoisotopic (exact) mass is 308 g/mol. The first-order valence-corrected chi connectivity index (χ1v) is 8.83. The van der Waals surface area contributed by atoms with E-state index in [1.807, 2.05) is 13.0 Å². The van der Waals surface area contributed by atoms with Crippen molar-refractivity contribution in [3.05, 3.63) is 24.4 Å². The SMILES string of the molecule is CCNc1nc2ccccn2c1S(=O)(=O)NC1CCCC1. The van der Waals surface area contributed by atoms with Gasteiger partial charge in [0.05, 0.1) is 0 Å². The number of nitrogens with one attached hydrogen (secondary N) is 2. The Bertz CT molecular complexity index is 733. The third kappa shape index (κ3) is 2.75. The molecule has 0 atom stereocenters. The maximum Gasteiger partial charge on any atom is 0.260 e.